The van der Waals surface area contributed by atoms with Crippen molar-refractivity contribution in [3.05, 3.63) is 16.4 Å². The third-order valence-corrected chi connectivity index (χ3v) is 3.02. The Morgan fingerprint density at radius 1 is 1.52 bits per heavy atom. The van der Waals surface area contributed by atoms with Gasteiger partial charge in [-0.1, -0.05) is 0 Å². The quantitative estimate of drug-likeness (QED) is 0.422. The number of hydrogen-bond donors (Lipinski definition) is 0. The number of esters is 1. The summed E-state index contributed by atoms with van der Waals surface area (Å²) in [5.74, 6) is -0.716. The van der Waals surface area contributed by atoms with E-state index in [9.17, 15) is 14.9 Å². The first-order chi connectivity index (χ1) is 10.1. The van der Waals surface area contributed by atoms with E-state index in [-0.39, 0.29) is 24.8 Å². The number of carbonyl (C=O) groups is 1. The van der Waals surface area contributed by atoms with E-state index in [1.807, 2.05) is 0 Å². The van der Waals surface area contributed by atoms with Gasteiger partial charge in [-0.2, -0.15) is 4.98 Å². The van der Waals surface area contributed by atoms with Crippen LogP contribution >= 0.6 is 0 Å². The molecule has 1 aliphatic rings. The zero-order valence-electron chi connectivity index (χ0n) is 11.5. The van der Waals surface area contributed by atoms with Crippen molar-refractivity contribution < 1.29 is 23.9 Å². The van der Waals surface area contributed by atoms with Gasteiger partial charge in [0.15, 0.2) is 6.04 Å². The first-order valence-electron chi connectivity index (χ1n) is 6.05. The van der Waals surface area contributed by atoms with Gasteiger partial charge in [-0.05, 0) is 0 Å². The van der Waals surface area contributed by atoms with Gasteiger partial charge in [-0.3, -0.25) is 10.1 Å². The molecule has 0 bridgehead atoms. The summed E-state index contributed by atoms with van der Waals surface area (Å²) in [5.41, 5.74) is -0.393. The smallest absolute Gasteiger partial charge is 0.372 e. The molecule has 0 aromatic carbocycles. The Hall–Kier alpha value is -2.49. The lowest BCUT2D eigenvalue weighted by Crippen LogP contribution is -2.51. The number of methoxy groups -OCH3 is 2. The minimum absolute atomic E-state index is 0.00514. The van der Waals surface area contributed by atoms with Crippen LogP contribution in [0, 0.1) is 10.1 Å². The summed E-state index contributed by atoms with van der Waals surface area (Å²) in [6, 6.07) is -0.804. The predicted molar refractivity (Wildman–Crippen MR) is 69.2 cm³/mol. The third-order valence-electron chi connectivity index (χ3n) is 3.02. The van der Waals surface area contributed by atoms with Crippen LogP contribution in [0.1, 0.15) is 0 Å². The maximum Gasteiger partial charge on any atom is 0.372 e. The van der Waals surface area contributed by atoms with E-state index in [4.69, 9.17) is 14.2 Å². The second kappa shape index (κ2) is 6.31. The van der Waals surface area contributed by atoms with Crippen LogP contribution in [0.3, 0.4) is 0 Å². The lowest BCUT2D eigenvalue weighted by Gasteiger charge is -2.33. The Morgan fingerprint density at radius 3 is 2.90 bits per heavy atom. The highest BCUT2D eigenvalue weighted by Crippen LogP contribution is 2.34. The Morgan fingerprint density at radius 2 is 2.29 bits per heavy atom. The number of hydrogen-bond acceptors (Lipinski definition) is 9. The van der Waals surface area contributed by atoms with Crippen LogP contribution < -0.4 is 9.64 Å². The average molecular weight is 298 g/mol. The van der Waals surface area contributed by atoms with Crippen molar-refractivity contribution in [1.29, 1.82) is 0 Å². The maximum atomic E-state index is 11.8. The minimum atomic E-state index is -0.804. The number of anilines is 1. The SMILES string of the molecule is COC(=O)C1COCCN1c1ncnc(OC)c1[N+](=O)[O-]. The van der Waals surface area contributed by atoms with Gasteiger partial charge in [0.2, 0.25) is 5.82 Å². The first kappa shape index (κ1) is 14.9. The standard InChI is InChI=1S/C11H14N4O6/c1-19-10-8(15(17)18)9(12-6-13-10)14-3-4-21-5-7(14)11(16)20-2/h6-7H,3-5H2,1-2H3. The molecule has 0 spiro atoms. The number of aromatic nitrogens is 2. The summed E-state index contributed by atoms with van der Waals surface area (Å²) in [6.07, 6.45) is 1.14. The number of carbonyl (C=O) groups excluding carboxylic acids is 1. The van der Waals surface area contributed by atoms with Crippen molar-refractivity contribution in [3.63, 3.8) is 0 Å². The van der Waals surface area contributed by atoms with E-state index in [2.05, 4.69) is 9.97 Å². The molecule has 0 aliphatic carbocycles. The molecule has 1 atom stereocenters. The Bertz CT molecular complexity index is 552. The fourth-order valence-corrected chi connectivity index (χ4v) is 2.06. The van der Waals surface area contributed by atoms with Gasteiger partial charge in [0.05, 0.1) is 32.4 Å². The lowest BCUT2D eigenvalue weighted by atomic mass is 10.2. The molecule has 1 aromatic heterocycles. The third kappa shape index (κ3) is 2.84. The number of nitrogens with zero attached hydrogens (tertiary/aromatic N) is 4. The minimum Gasteiger partial charge on any atom is -0.476 e. The summed E-state index contributed by atoms with van der Waals surface area (Å²) < 4.78 is 14.8. The average Bonchev–Trinajstić information content (AvgIpc) is 2.53. The van der Waals surface area contributed by atoms with E-state index in [0.717, 1.165) is 6.33 Å². The lowest BCUT2D eigenvalue weighted by molar-refractivity contribution is -0.385. The molecular weight excluding hydrogens is 284 g/mol. The molecule has 0 radical (unpaired) electrons. The van der Waals surface area contributed by atoms with Crippen LogP contribution in [0.2, 0.25) is 0 Å². The summed E-state index contributed by atoms with van der Waals surface area (Å²) in [6.45, 7) is 0.647. The summed E-state index contributed by atoms with van der Waals surface area (Å²) in [5, 5.41) is 11.3. The van der Waals surface area contributed by atoms with E-state index < -0.39 is 22.6 Å². The number of nitro groups is 1. The largest absolute Gasteiger partial charge is 0.476 e. The molecule has 1 saturated heterocycles. The highest BCUT2D eigenvalue weighted by molar-refractivity contribution is 5.81. The van der Waals surface area contributed by atoms with Crippen molar-refractivity contribution >= 4 is 17.5 Å². The summed E-state index contributed by atoms with van der Waals surface area (Å²) in [7, 11) is 2.51. The van der Waals surface area contributed by atoms with E-state index in [0.29, 0.717) is 6.61 Å². The molecule has 1 fully saturated rings. The van der Waals surface area contributed by atoms with Crippen LogP contribution in [-0.2, 0) is 14.3 Å². The molecular formula is C11H14N4O6. The normalized spacial score (nSPS) is 18.2. The second-order valence-corrected chi connectivity index (χ2v) is 4.12. The summed E-state index contributed by atoms with van der Waals surface area (Å²) in [4.78, 5) is 31.5. The van der Waals surface area contributed by atoms with Gasteiger partial charge in [-0.25, -0.2) is 9.78 Å². The van der Waals surface area contributed by atoms with Gasteiger partial charge >= 0.3 is 11.7 Å². The molecule has 2 heterocycles. The predicted octanol–water partition coefficient (Wildman–Crippen LogP) is -0.228. The van der Waals surface area contributed by atoms with E-state index >= 15 is 0 Å². The monoisotopic (exact) mass is 298 g/mol. The van der Waals surface area contributed by atoms with Gasteiger partial charge in [0.1, 0.15) is 6.33 Å². The molecule has 114 valence electrons. The number of ether oxygens (including phenoxy) is 3. The topological polar surface area (TPSA) is 117 Å². The van der Waals surface area contributed by atoms with Crippen molar-refractivity contribution in [2.24, 2.45) is 0 Å². The molecule has 1 aromatic rings. The number of rotatable bonds is 4. The molecule has 0 N–H and O–H groups in total. The van der Waals surface area contributed by atoms with Crippen molar-refractivity contribution in [3.8, 4) is 5.88 Å². The Kier molecular flexibility index (Phi) is 4.48. The fourth-order valence-electron chi connectivity index (χ4n) is 2.06. The molecule has 2 rings (SSSR count). The van der Waals surface area contributed by atoms with Gasteiger partial charge < -0.3 is 19.1 Å². The zero-order chi connectivity index (χ0) is 15.4. The molecule has 21 heavy (non-hydrogen) atoms. The molecule has 0 amide bonds. The highest BCUT2D eigenvalue weighted by atomic mass is 16.6. The van der Waals surface area contributed by atoms with Crippen molar-refractivity contribution in [1.82, 2.24) is 9.97 Å². The van der Waals surface area contributed by atoms with Crippen molar-refractivity contribution in [2.45, 2.75) is 6.04 Å². The second-order valence-electron chi connectivity index (χ2n) is 4.12. The highest BCUT2D eigenvalue weighted by Gasteiger charge is 2.37. The molecule has 10 heteroatoms. The van der Waals surface area contributed by atoms with E-state index in [1.165, 1.54) is 19.1 Å². The maximum absolute atomic E-state index is 11.8. The van der Waals surface area contributed by atoms with Crippen LogP contribution in [0.5, 0.6) is 5.88 Å². The fraction of sp³-hybridized carbons (Fsp3) is 0.545. The molecule has 1 aliphatic heterocycles. The van der Waals surface area contributed by atoms with Crippen LogP contribution in [0.15, 0.2) is 6.33 Å². The van der Waals surface area contributed by atoms with Crippen LogP contribution in [0.4, 0.5) is 11.5 Å². The van der Waals surface area contributed by atoms with E-state index in [1.54, 1.807) is 0 Å². The van der Waals surface area contributed by atoms with Gasteiger partial charge in [-0.15, -0.1) is 0 Å². The van der Waals surface area contributed by atoms with Gasteiger partial charge in [0, 0.05) is 6.54 Å². The molecule has 1 unspecified atom stereocenters. The Balaban J connectivity index is 2.48. The molecule has 0 saturated carbocycles. The van der Waals surface area contributed by atoms with Crippen molar-refractivity contribution in [2.75, 3.05) is 38.9 Å². The zero-order valence-corrected chi connectivity index (χ0v) is 11.5. The first-order valence-corrected chi connectivity index (χ1v) is 6.05. The van der Waals surface area contributed by atoms with Crippen LogP contribution in [-0.4, -0.2) is 60.9 Å². The summed E-state index contributed by atoms with van der Waals surface area (Å²) >= 11 is 0. The van der Waals surface area contributed by atoms with Gasteiger partial charge in [0.25, 0.3) is 5.88 Å². The molecule has 10 nitrogen and oxygen atoms in total. The number of morpholine rings is 1. The van der Waals surface area contributed by atoms with Crippen LogP contribution in [0.25, 0.3) is 0 Å². The Labute approximate surface area is 119 Å².